The lowest BCUT2D eigenvalue weighted by Crippen LogP contribution is -2.38. The van der Waals surface area contributed by atoms with E-state index in [1.54, 1.807) is 16.4 Å². The van der Waals surface area contributed by atoms with Gasteiger partial charge in [-0.25, -0.2) is 8.42 Å². The fourth-order valence-electron chi connectivity index (χ4n) is 1.83. The second-order valence-electron chi connectivity index (χ2n) is 4.97. The largest absolute Gasteiger partial charge is 0.252 e. The Bertz CT molecular complexity index is 506. The van der Waals surface area contributed by atoms with E-state index >= 15 is 0 Å². The van der Waals surface area contributed by atoms with E-state index in [2.05, 4.69) is 0 Å². The minimum absolute atomic E-state index is 0.00264. The summed E-state index contributed by atoms with van der Waals surface area (Å²) in [6.45, 7) is 4.50. The average molecular weight is 308 g/mol. The molecule has 0 aliphatic heterocycles. The van der Waals surface area contributed by atoms with Gasteiger partial charge in [0.05, 0.1) is 5.88 Å². The highest BCUT2D eigenvalue weighted by Crippen LogP contribution is 2.34. The van der Waals surface area contributed by atoms with E-state index in [0.717, 1.165) is 17.7 Å². The van der Waals surface area contributed by atoms with Gasteiger partial charge in [-0.2, -0.15) is 4.31 Å². The Hall–Kier alpha value is -0.100. The van der Waals surface area contributed by atoms with Crippen LogP contribution in [0, 0.1) is 5.92 Å². The zero-order valence-electron chi connectivity index (χ0n) is 10.6. The first kappa shape index (κ1) is 14.3. The van der Waals surface area contributed by atoms with Crippen molar-refractivity contribution in [3.05, 3.63) is 17.0 Å². The third-order valence-corrected chi connectivity index (χ3v) is 7.08. The number of rotatable bonds is 6. The average Bonchev–Trinajstić information content (AvgIpc) is 2.99. The molecule has 0 radical (unpaired) electrons. The zero-order chi connectivity index (χ0) is 13.3. The van der Waals surface area contributed by atoms with Crippen LogP contribution in [0.1, 0.15) is 31.6 Å². The topological polar surface area (TPSA) is 37.4 Å². The van der Waals surface area contributed by atoms with Crippen LogP contribution < -0.4 is 0 Å². The maximum absolute atomic E-state index is 12.6. The van der Waals surface area contributed by atoms with Crippen LogP contribution in [0.3, 0.4) is 0 Å². The fraction of sp³-hybridized carbons (Fsp3) is 0.667. The monoisotopic (exact) mass is 307 g/mol. The van der Waals surface area contributed by atoms with Gasteiger partial charge in [0.25, 0.3) is 10.0 Å². The first-order chi connectivity index (χ1) is 8.45. The molecule has 1 heterocycles. The zero-order valence-corrected chi connectivity index (χ0v) is 13.0. The molecule has 1 fully saturated rings. The third-order valence-electron chi connectivity index (χ3n) is 3.04. The molecule has 1 aromatic heterocycles. The van der Waals surface area contributed by atoms with Gasteiger partial charge >= 0.3 is 0 Å². The van der Waals surface area contributed by atoms with Gasteiger partial charge in [0.15, 0.2) is 0 Å². The minimum atomic E-state index is -3.35. The predicted molar refractivity (Wildman–Crippen MR) is 75.6 cm³/mol. The van der Waals surface area contributed by atoms with Gasteiger partial charge in [0, 0.05) is 17.5 Å². The molecule has 3 nitrogen and oxygen atoms in total. The van der Waals surface area contributed by atoms with Crippen LogP contribution in [-0.2, 0) is 15.9 Å². The molecule has 2 rings (SSSR count). The lowest BCUT2D eigenvalue weighted by molar-refractivity contribution is 0.342. The predicted octanol–water partition coefficient (Wildman–Crippen LogP) is 3.30. The van der Waals surface area contributed by atoms with E-state index < -0.39 is 10.0 Å². The van der Waals surface area contributed by atoms with Gasteiger partial charge < -0.3 is 0 Å². The van der Waals surface area contributed by atoms with Crippen molar-refractivity contribution in [2.24, 2.45) is 5.92 Å². The van der Waals surface area contributed by atoms with Gasteiger partial charge in [0.1, 0.15) is 4.21 Å². The van der Waals surface area contributed by atoms with E-state index in [9.17, 15) is 8.42 Å². The quantitative estimate of drug-likeness (QED) is 0.756. The van der Waals surface area contributed by atoms with E-state index in [0.29, 0.717) is 22.6 Å². The molecule has 0 amide bonds. The van der Waals surface area contributed by atoms with Crippen LogP contribution in [0.2, 0.25) is 0 Å². The molecule has 0 aromatic carbocycles. The number of alkyl halides is 1. The Labute approximate surface area is 118 Å². The summed E-state index contributed by atoms with van der Waals surface area (Å²) < 4.78 is 27.1. The van der Waals surface area contributed by atoms with Crippen LogP contribution in [0.25, 0.3) is 0 Å². The minimum Gasteiger partial charge on any atom is -0.206 e. The fourth-order valence-corrected chi connectivity index (χ4v) is 5.13. The number of hydrogen-bond donors (Lipinski definition) is 0. The molecule has 18 heavy (non-hydrogen) atoms. The molecule has 1 aromatic rings. The molecule has 1 aliphatic rings. The SMILES string of the molecule is CC(C)N(CC1CC1)S(=O)(=O)c1ccc(CCl)s1. The maximum Gasteiger partial charge on any atom is 0.252 e. The van der Waals surface area contributed by atoms with Gasteiger partial charge in [-0.1, -0.05) is 0 Å². The van der Waals surface area contributed by atoms with Crippen LogP contribution in [0.15, 0.2) is 16.3 Å². The molecule has 1 aliphatic carbocycles. The molecular weight excluding hydrogens is 290 g/mol. The number of nitrogens with zero attached hydrogens (tertiary/aromatic N) is 1. The molecule has 0 spiro atoms. The highest BCUT2D eigenvalue weighted by Gasteiger charge is 2.34. The van der Waals surface area contributed by atoms with Crippen molar-refractivity contribution >= 4 is 33.0 Å². The van der Waals surface area contributed by atoms with Crippen molar-refractivity contribution in [2.75, 3.05) is 6.54 Å². The van der Waals surface area contributed by atoms with Crippen LogP contribution >= 0.6 is 22.9 Å². The summed E-state index contributed by atoms with van der Waals surface area (Å²) in [5.41, 5.74) is 0. The number of hydrogen-bond acceptors (Lipinski definition) is 3. The summed E-state index contributed by atoms with van der Waals surface area (Å²) in [6.07, 6.45) is 2.30. The Morgan fingerprint density at radius 1 is 1.44 bits per heavy atom. The van der Waals surface area contributed by atoms with Crippen molar-refractivity contribution < 1.29 is 8.42 Å². The molecule has 0 N–H and O–H groups in total. The highest BCUT2D eigenvalue weighted by atomic mass is 35.5. The summed E-state index contributed by atoms with van der Waals surface area (Å²) in [6, 6.07) is 3.46. The molecule has 0 bridgehead atoms. The van der Waals surface area contributed by atoms with Gasteiger partial charge in [-0.15, -0.1) is 22.9 Å². The molecule has 0 unspecified atom stereocenters. The molecule has 0 atom stereocenters. The van der Waals surface area contributed by atoms with Crippen molar-refractivity contribution in [1.82, 2.24) is 4.31 Å². The molecule has 1 saturated carbocycles. The standard InChI is InChI=1S/C12H18ClNO2S2/c1-9(2)14(8-10-3-4-10)18(15,16)12-6-5-11(7-13)17-12/h5-6,9-10H,3-4,7-8H2,1-2H3. The summed E-state index contributed by atoms with van der Waals surface area (Å²) in [7, 11) is -3.35. The lowest BCUT2D eigenvalue weighted by atomic mass is 10.3. The Kier molecular flexibility index (Phi) is 4.36. The van der Waals surface area contributed by atoms with Crippen molar-refractivity contribution in [2.45, 2.75) is 42.8 Å². The van der Waals surface area contributed by atoms with Crippen molar-refractivity contribution in [1.29, 1.82) is 0 Å². The first-order valence-electron chi connectivity index (χ1n) is 6.11. The molecule has 102 valence electrons. The Morgan fingerprint density at radius 2 is 2.11 bits per heavy atom. The van der Waals surface area contributed by atoms with Crippen molar-refractivity contribution in [3.8, 4) is 0 Å². The Morgan fingerprint density at radius 3 is 2.56 bits per heavy atom. The third kappa shape index (κ3) is 3.07. The first-order valence-corrected chi connectivity index (χ1v) is 8.90. The number of halogens is 1. The van der Waals surface area contributed by atoms with E-state index in [1.165, 1.54) is 11.3 Å². The second kappa shape index (κ2) is 5.49. The number of sulfonamides is 1. The summed E-state index contributed by atoms with van der Waals surface area (Å²) >= 11 is 7.00. The smallest absolute Gasteiger partial charge is 0.206 e. The van der Waals surface area contributed by atoms with Crippen LogP contribution in [0.5, 0.6) is 0 Å². The van der Waals surface area contributed by atoms with Gasteiger partial charge in [-0.3, -0.25) is 0 Å². The normalized spacial score (nSPS) is 16.7. The lowest BCUT2D eigenvalue weighted by Gasteiger charge is -2.25. The van der Waals surface area contributed by atoms with E-state index in [1.807, 2.05) is 13.8 Å². The van der Waals surface area contributed by atoms with Gasteiger partial charge in [0.2, 0.25) is 0 Å². The molecular formula is C12H18ClNO2S2. The number of thiophene rings is 1. The molecule has 6 heteroatoms. The highest BCUT2D eigenvalue weighted by molar-refractivity contribution is 7.91. The van der Waals surface area contributed by atoms with Crippen LogP contribution in [-0.4, -0.2) is 25.3 Å². The molecule has 0 saturated heterocycles. The van der Waals surface area contributed by atoms with E-state index in [-0.39, 0.29) is 6.04 Å². The van der Waals surface area contributed by atoms with Crippen molar-refractivity contribution in [3.63, 3.8) is 0 Å². The van der Waals surface area contributed by atoms with E-state index in [4.69, 9.17) is 11.6 Å². The summed E-state index contributed by atoms with van der Waals surface area (Å²) in [4.78, 5) is 0.894. The van der Waals surface area contributed by atoms with Crippen LogP contribution in [0.4, 0.5) is 0 Å². The maximum atomic E-state index is 12.6. The second-order valence-corrected chi connectivity index (χ2v) is 8.52. The summed E-state index contributed by atoms with van der Waals surface area (Å²) in [5.74, 6) is 0.916. The summed E-state index contributed by atoms with van der Waals surface area (Å²) in [5, 5.41) is 0. The Balaban J connectivity index is 2.25. The van der Waals surface area contributed by atoms with Gasteiger partial charge in [-0.05, 0) is 44.7 Å².